The van der Waals surface area contributed by atoms with Crippen molar-refractivity contribution in [3.8, 4) is 27.8 Å². The van der Waals surface area contributed by atoms with Gasteiger partial charge in [-0.2, -0.15) is 0 Å². The molecule has 0 aliphatic heterocycles. The van der Waals surface area contributed by atoms with Gasteiger partial charge in [-0.1, -0.05) is 41.7 Å². The number of hydrogen-bond acceptors (Lipinski definition) is 8. The maximum Gasteiger partial charge on any atom is 0.319 e. The summed E-state index contributed by atoms with van der Waals surface area (Å²) in [4.78, 5) is 26.2. The van der Waals surface area contributed by atoms with E-state index in [1.54, 1.807) is 25.3 Å². The van der Waals surface area contributed by atoms with Gasteiger partial charge in [-0.3, -0.25) is 10.1 Å². The second kappa shape index (κ2) is 12.5. The summed E-state index contributed by atoms with van der Waals surface area (Å²) in [5.74, 6) is 1.33. The first kappa shape index (κ1) is 26.4. The lowest BCUT2D eigenvalue weighted by molar-refractivity contribution is -0.117. The first-order valence-corrected chi connectivity index (χ1v) is 12.4. The Balaban J connectivity index is 1.48. The topological polar surface area (TPSA) is 124 Å². The fraction of sp³-hybridized carbons (Fsp3) is 0.185. The van der Waals surface area contributed by atoms with Gasteiger partial charge in [0.25, 0.3) is 0 Å². The number of amides is 3. The van der Waals surface area contributed by atoms with Crippen molar-refractivity contribution in [1.82, 2.24) is 15.5 Å². The molecule has 3 amide bonds. The van der Waals surface area contributed by atoms with Crippen LogP contribution in [0.5, 0.6) is 17.2 Å². The first-order valence-electron chi connectivity index (χ1n) is 11.6. The summed E-state index contributed by atoms with van der Waals surface area (Å²) in [5.41, 5.74) is 2.17. The molecule has 4 rings (SSSR count). The highest BCUT2D eigenvalue weighted by Crippen LogP contribution is 2.28. The molecule has 0 spiro atoms. The summed E-state index contributed by atoms with van der Waals surface area (Å²) < 4.78 is 15.7. The molecule has 0 aliphatic carbocycles. The number of carbonyl (C=O) groups excluding carboxylic acids is 2. The van der Waals surface area contributed by atoms with Crippen molar-refractivity contribution in [2.45, 2.75) is 12.5 Å². The summed E-state index contributed by atoms with van der Waals surface area (Å²) in [5, 5.41) is 17.5. The van der Waals surface area contributed by atoms with E-state index in [0.29, 0.717) is 27.3 Å². The Kier molecular flexibility index (Phi) is 8.73. The van der Waals surface area contributed by atoms with Crippen LogP contribution in [0.15, 0.2) is 72.8 Å². The number of rotatable bonds is 10. The van der Waals surface area contributed by atoms with Crippen molar-refractivity contribution in [2.75, 3.05) is 32.0 Å². The second-order valence-corrected chi connectivity index (χ2v) is 9.05. The number of nitrogens with zero attached hydrogens (tertiary/aromatic N) is 2. The molecule has 1 aromatic heterocycles. The third kappa shape index (κ3) is 6.98. The van der Waals surface area contributed by atoms with Gasteiger partial charge in [0.2, 0.25) is 11.0 Å². The highest BCUT2D eigenvalue weighted by atomic mass is 32.1. The molecule has 0 aliphatic rings. The number of nitrogens with one attached hydrogen (secondary N) is 3. The third-order valence-electron chi connectivity index (χ3n) is 5.51. The summed E-state index contributed by atoms with van der Waals surface area (Å²) in [6.45, 7) is 0. The predicted molar refractivity (Wildman–Crippen MR) is 146 cm³/mol. The highest BCUT2D eigenvalue weighted by molar-refractivity contribution is 7.18. The quantitative estimate of drug-likeness (QED) is 0.272. The lowest BCUT2D eigenvalue weighted by Crippen LogP contribution is -2.46. The Morgan fingerprint density at radius 2 is 1.47 bits per heavy atom. The smallest absolute Gasteiger partial charge is 0.319 e. The lowest BCUT2D eigenvalue weighted by Gasteiger charge is -2.18. The molecule has 0 saturated heterocycles. The maximum absolute atomic E-state index is 13.3. The molecule has 10 nitrogen and oxygen atoms in total. The second-order valence-electron chi connectivity index (χ2n) is 8.07. The minimum Gasteiger partial charge on any atom is -0.497 e. The molecule has 3 N–H and O–H groups in total. The van der Waals surface area contributed by atoms with Crippen LogP contribution in [0.1, 0.15) is 5.56 Å². The number of hydrogen-bond donors (Lipinski definition) is 3. The fourth-order valence-corrected chi connectivity index (χ4v) is 4.33. The van der Waals surface area contributed by atoms with Gasteiger partial charge in [-0.05, 0) is 29.8 Å². The van der Waals surface area contributed by atoms with Crippen molar-refractivity contribution in [2.24, 2.45) is 0 Å². The van der Waals surface area contributed by atoms with E-state index in [9.17, 15) is 9.59 Å². The predicted octanol–water partition coefficient (Wildman–Crippen LogP) is 4.60. The standard InChI is InChI=1S/C27H27N5O5S/c1-35-20-11-9-18(10-12-20)25-31-32-27(38-25)30-24(33)23(13-17-7-5-4-6-8-17)29-26(34)28-19-14-21(36-2)16-22(15-19)37-3/h4-12,14-16,23H,13H2,1-3H3,(H2,28,29,34)(H,30,32,33). The van der Waals surface area contributed by atoms with Crippen LogP contribution in [-0.4, -0.2) is 49.5 Å². The minimum absolute atomic E-state index is 0.270. The number of urea groups is 1. The van der Waals surface area contributed by atoms with Crippen LogP contribution >= 0.6 is 11.3 Å². The SMILES string of the molecule is COc1ccc(-c2nnc(NC(=O)C(Cc3ccccc3)NC(=O)Nc3cc(OC)cc(OC)c3)s2)cc1. The van der Waals surface area contributed by atoms with E-state index in [0.717, 1.165) is 16.9 Å². The van der Waals surface area contributed by atoms with Crippen LogP contribution in [0, 0.1) is 0 Å². The van der Waals surface area contributed by atoms with Crippen molar-refractivity contribution in [3.05, 3.63) is 78.4 Å². The van der Waals surface area contributed by atoms with Crippen LogP contribution in [0.25, 0.3) is 10.6 Å². The number of aromatic nitrogens is 2. The zero-order chi connectivity index (χ0) is 26.9. The normalized spacial score (nSPS) is 11.2. The van der Waals surface area contributed by atoms with Gasteiger partial charge in [0, 0.05) is 35.9 Å². The van der Waals surface area contributed by atoms with Gasteiger partial charge in [-0.25, -0.2) is 4.79 Å². The van der Waals surface area contributed by atoms with Gasteiger partial charge in [0.15, 0.2) is 0 Å². The van der Waals surface area contributed by atoms with E-state index in [-0.39, 0.29) is 6.42 Å². The molecule has 1 heterocycles. The monoisotopic (exact) mass is 533 g/mol. The van der Waals surface area contributed by atoms with Crippen molar-refractivity contribution < 1.29 is 23.8 Å². The van der Waals surface area contributed by atoms with Gasteiger partial charge < -0.3 is 24.8 Å². The molecule has 0 radical (unpaired) electrons. The molecule has 0 bridgehead atoms. The van der Waals surface area contributed by atoms with Crippen molar-refractivity contribution >= 4 is 34.1 Å². The molecule has 3 aromatic carbocycles. The van der Waals surface area contributed by atoms with Crippen molar-refractivity contribution in [3.63, 3.8) is 0 Å². The van der Waals surface area contributed by atoms with E-state index in [4.69, 9.17) is 14.2 Å². The van der Waals surface area contributed by atoms with Crippen LogP contribution in [-0.2, 0) is 11.2 Å². The largest absolute Gasteiger partial charge is 0.497 e. The maximum atomic E-state index is 13.3. The molecule has 196 valence electrons. The Morgan fingerprint density at radius 1 is 0.816 bits per heavy atom. The summed E-state index contributed by atoms with van der Waals surface area (Å²) in [6, 6.07) is 20.3. The molecule has 0 saturated carbocycles. The van der Waals surface area contributed by atoms with Crippen LogP contribution in [0.3, 0.4) is 0 Å². The van der Waals surface area contributed by atoms with E-state index in [1.165, 1.54) is 25.6 Å². The first-order chi connectivity index (χ1) is 18.5. The molecule has 0 fully saturated rings. The van der Waals surface area contributed by atoms with Gasteiger partial charge >= 0.3 is 6.03 Å². The molecule has 4 aromatic rings. The van der Waals surface area contributed by atoms with Crippen LogP contribution < -0.4 is 30.2 Å². The van der Waals surface area contributed by atoms with E-state index < -0.39 is 18.0 Å². The van der Waals surface area contributed by atoms with E-state index in [1.807, 2.05) is 54.6 Å². The molecular formula is C27H27N5O5S. The molecule has 11 heteroatoms. The Labute approximate surface area is 224 Å². The number of methoxy groups -OCH3 is 3. The fourth-order valence-electron chi connectivity index (χ4n) is 3.58. The van der Waals surface area contributed by atoms with Gasteiger partial charge in [-0.15, -0.1) is 10.2 Å². The number of anilines is 2. The Morgan fingerprint density at radius 3 is 2.11 bits per heavy atom. The zero-order valence-corrected chi connectivity index (χ0v) is 21.9. The molecule has 1 unspecified atom stereocenters. The summed E-state index contributed by atoms with van der Waals surface area (Å²) >= 11 is 1.23. The number of ether oxygens (including phenoxy) is 3. The van der Waals surface area contributed by atoms with Crippen LogP contribution in [0.4, 0.5) is 15.6 Å². The minimum atomic E-state index is -0.891. The highest BCUT2D eigenvalue weighted by Gasteiger charge is 2.23. The Bertz CT molecular complexity index is 1360. The van der Waals surface area contributed by atoms with E-state index in [2.05, 4.69) is 26.1 Å². The van der Waals surface area contributed by atoms with Crippen molar-refractivity contribution in [1.29, 1.82) is 0 Å². The average molecular weight is 534 g/mol. The number of benzene rings is 3. The molecule has 38 heavy (non-hydrogen) atoms. The molecular weight excluding hydrogens is 506 g/mol. The van der Waals surface area contributed by atoms with E-state index >= 15 is 0 Å². The lowest BCUT2D eigenvalue weighted by atomic mass is 10.1. The van der Waals surface area contributed by atoms with Gasteiger partial charge in [0.05, 0.1) is 21.3 Å². The van der Waals surface area contributed by atoms with Crippen LogP contribution in [0.2, 0.25) is 0 Å². The summed E-state index contributed by atoms with van der Waals surface area (Å²) in [6.07, 6.45) is 0.270. The van der Waals surface area contributed by atoms with Gasteiger partial charge in [0.1, 0.15) is 28.3 Å². The third-order valence-corrected chi connectivity index (χ3v) is 6.39. The Hall–Kier alpha value is -4.64. The number of carbonyl (C=O) groups is 2. The summed E-state index contributed by atoms with van der Waals surface area (Å²) in [7, 11) is 4.64. The molecule has 1 atom stereocenters. The zero-order valence-electron chi connectivity index (χ0n) is 21.1. The average Bonchev–Trinajstić information content (AvgIpc) is 3.41.